The molecule has 0 spiro atoms. The van der Waals surface area contributed by atoms with Crippen LogP contribution in [0.15, 0.2) is 59.0 Å². The number of rotatable bonds is 11. The normalized spacial score (nSPS) is 11.9. The van der Waals surface area contributed by atoms with Crippen molar-refractivity contribution in [3.8, 4) is 17.2 Å². The van der Waals surface area contributed by atoms with Gasteiger partial charge < -0.3 is 33.2 Å². The Morgan fingerprint density at radius 3 is 2.39 bits per heavy atom. The third kappa shape index (κ3) is 6.17. The zero-order chi connectivity index (χ0) is 25.5. The highest BCUT2D eigenvalue weighted by molar-refractivity contribution is 5.96. The van der Waals surface area contributed by atoms with Gasteiger partial charge in [-0.1, -0.05) is 6.07 Å². The van der Waals surface area contributed by atoms with Crippen LogP contribution in [0, 0.1) is 6.92 Å². The van der Waals surface area contributed by atoms with Gasteiger partial charge in [-0.15, -0.1) is 0 Å². The highest BCUT2D eigenvalue weighted by Gasteiger charge is 2.24. The van der Waals surface area contributed by atoms with Crippen molar-refractivity contribution < 1.29 is 33.0 Å². The Balaban J connectivity index is 1.54. The summed E-state index contributed by atoms with van der Waals surface area (Å²) in [4.78, 5) is 30.0. The van der Waals surface area contributed by atoms with Crippen molar-refractivity contribution in [2.75, 3.05) is 40.7 Å². The number of aryl methyl sites for hydroxylation is 1. The molecule has 0 atom stereocenters. The molecule has 2 aromatic carbocycles. The molecule has 0 N–H and O–H groups in total. The van der Waals surface area contributed by atoms with Gasteiger partial charge in [0.25, 0.3) is 5.91 Å². The summed E-state index contributed by atoms with van der Waals surface area (Å²) in [5.41, 5.74) is 1.34. The highest BCUT2D eigenvalue weighted by atomic mass is 16.7. The smallest absolute Gasteiger partial charge is 0.254 e. The molecule has 1 aliphatic heterocycles. The largest absolute Gasteiger partial charge is 0.497 e. The molecule has 2 heterocycles. The van der Waals surface area contributed by atoms with Crippen molar-refractivity contribution in [3.05, 3.63) is 77.2 Å². The number of hydrogen-bond acceptors (Lipinski definition) is 7. The van der Waals surface area contributed by atoms with E-state index in [4.69, 9.17) is 23.4 Å². The maximum Gasteiger partial charge on any atom is 0.254 e. The number of ether oxygens (including phenoxy) is 4. The maximum atomic E-state index is 13.6. The number of carbonyl (C=O) groups excluding carboxylic acids is 2. The molecule has 0 aliphatic carbocycles. The summed E-state index contributed by atoms with van der Waals surface area (Å²) in [6.07, 6.45) is 0. The van der Waals surface area contributed by atoms with Gasteiger partial charge in [-0.2, -0.15) is 0 Å². The fourth-order valence-electron chi connectivity index (χ4n) is 3.88. The summed E-state index contributed by atoms with van der Waals surface area (Å²) in [5, 5.41) is 0. The zero-order valence-electron chi connectivity index (χ0n) is 20.7. The van der Waals surface area contributed by atoms with Gasteiger partial charge in [0.2, 0.25) is 12.7 Å². The Hall–Kier alpha value is -3.98. The lowest BCUT2D eigenvalue weighted by atomic mass is 10.1. The Morgan fingerprint density at radius 2 is 1.69 bits per heavy atom. The molecule has 36 heavy (non-hydrogen) atoms. The van der Waals surface area contributed by atoms with Crippen LogP contribution in [-0.2, 0) is 22.6 Å². The van der Waals surface area contributed by atoms with Gasteiger partial charge in [0.15, 0.2) is 11.5 Å². The molecule has 0 radical (unpaired) electrons. The molecule has 4 rings (SSSR count). The van der Waals surface area contributed by atoms with Crippen LogP contribution < -0.4 is 14.2 Å². The fourth-order valence-corrected chi connectivity index (χ4v) is 3.88. The summed E-state index contributed by atoms with van der Waals surface area (Å²) in [6, 6.07) is 16.1. The van der Waals surface area contributed by atoms with Crippen molar-refractivity contribution in [2.24, 2.45) is 0 Å². The number of furan rings is 1. The molecule has 0 unspecified atom stereocenters. The fraction of sp³-hybridized carbons (Fsp3) is 0.333. The van der Waals surface area contributed by atoms with E-state index in [0.29, 0.717) is 41.7 Å². The number of hydrogen-bond donors (Lipinski definition) is 0. The first-order valence-corrected chi connectivity index (χ1v) is 11.6. The van der Waals surface area contributed by atoms with E-state index in [0.717, 1.165) is 11.3 Å². The van der Waals surface area contributed by atoms with E-state index in [2.05, 4.69) is 0 Å². The molecule has 0 bridgehead atoms. The van der Waals surface area contributed by atoms with E-state index in [9.17, 15) is 9.59 Å². The van der Waals surface area contributed by atoms with Crippen LogP contribution in [0.5, 0.6) is 17.2 Å². The van der Waals surface area contributed by atoms with Gasteiger partial charge in [-0.3, -0.25) is 9.59 Å². The second-order valence-corrected chi connectivity index (χ2v) is 8.40. The molecule has 3 aromatic rings. The van der Waals surface area contributed by atoms with Gasteiger partial charge in [0.05, 0.1) is 20.3 Å². The molecule has 0 saturated carbocycles. The highest BCUT2D eigenvalue weighted by Crippen LogP contribution is 2.33. The van der Waals surface area contributed by atoms with Crippen LogP contribution >= 0.6 is 0 Å². The summed E-state index contributed by atoms with van der Waals surface area (Å²) >= 11 is 0. The minimum atomic E-state index is -0.264. The van der Waals surface area contributed by atoms with Crippen molar-refractivity contribution >= 4 is 11.8 Å². The Morgan fingerprint density at radius 1 is 0.917 bits per heavy atom. The predicted molar refractivity (Wildman–Crippen MR) is 131 cm³/mol. The Labute approximate surface area is 210 Å². The molecule has 1 aromatic heterocycles. The standard InChI is InChI=1S/C27H30N2O7/c1-19-4-8-23(36-19)16-29(15-20-5-11-24-25(14-20)35-18-34-24)26(30)17-28(12-13-32-2)27(31)21-6-9-22(33-3)10-7-21/h4-11,14H,12-13,15-18H2,1-3H3. The van der Waals surface area contributed by atoms with Crippen molar-refractivity contribution in [3.63, 3.8) is 0 Å². The molecule has 9 nitrogen and oxygen atoms in total. The number of fused-ring (bicyclic) bond motifs is 1. The van der Waals surface area contributed by atoms with Crippen LogP contribution in [0.2, 0.25) is 0 Å². The first kappa shape index (κ1) is 25.1. The predicted octanol–water partition coefficient (Wildman–Crippen LogP) is 3.64. The Kier molecular flexibility index (Phi) is 8.12. The molecular weight excluding hydrogens is 464 g/mol. The second-order valence-electron chi connectivity index (χ2n) is 8.40. The first-order valence-electron chi connectivity index (χ1n) is 11.6. The van der Waals surface area contributed by atoms with Crippen LogP contribution in [0.25, 0.3) is 0 Å². The molecule has 9 heteroatoms. The molecule has 190 valence electrons. The lowest BCUT2D eigenvalue weighted by Gasteiger charge is -2.27. The number of methoxy groups -OCH3 is 2. The first-order chi connectivity index (χ1) is 17.5. The monoisotopic (exact) mass is 494 g/mol. The van der Waals surface area contributed by atoms with Gasteiger partial charge >= 0.3 is 0 Å². The molecule has 2 amide bonds. The topological polar surface area (TPSA) is 90.7 Å². The third-order valence-electron chi connectivity index (χ3n) is 5.82. The van der Waals surface area contributed by atoms with E-state index < -0.39 is 0 Å². The maximum absolute atomic E-state index is 13.6. The quantitative estimate of drug-likeness (QED) is 0.402. The molecule has 0 fully saturated rings. The number of benzene rings is 2. The molecule has 0 saturated heterocycles. The van der Waals surface area contributed by atoms with E-state index in [1.807, 2.05) is 37.3 Å². The van der Waals surface area contributed by atoms with E-state index in [1.54, 1.807) is 43.4 Å². The lowest BCUT2D eigenvalue weighted by molar-refractivity contribution is -0.133. The van der Waals surface area contributed by atoms with Gasteiger partial charge in [-0.05, 0) is 61.0 Å². The van der Waals surface area contributed by atoms with Crippen LogP contribution in [0.4, 0.5) is 0 Å². The van der Waals surface area contributed by atoms with Crippen molar-refractivity contribution in [1.82, 2.24) is 9.80 Å². The lowest BCUT2D eigenvalue weighted by Crippen LogP contribution is -2.43. The molecule has 1 aliphatic rings. The third-order valence-corrected chi connectivity index (χ3v) is 5.82. The number of amides is 2. The van der Waals surface area contributed by atoms with E-state index in [-0.39, 0.29) is 38.2 Å². The summed E-state index contributed by atoms with van der Waals surface area (Å²) in [5.74, 6) is 2.90. The van der Waals surface area contributed by atoms with E-state index in [1.165, 1.54) is 4.90 Å². The number of nitrogens with zero attached hydrogens (tertiary/aromatic N) is 2. The minimum Gasteiger partial charge on any atom is -0.497 e. The van der Waals surface area contributed by atoms with Crippen LogP contribution in [0.1, 0.15) is 27.4 Å². The van der Waals surface area contributed by atoms with Crippen molar-refractivity contribution in [2.45, 2.75) is 20.0 Å². The van der Waals surface area contributed by atoms with Crippen LogP contribution in [-0.4, -0.2) is 62.3 Å². The summed E-state index contributed by atoms with van der Waals surface area (Å²) < 4.78 is 27.0. The SMILES string of the molecule is COCCN(CC(=O)N(Cc1ccc2c(c1)OCO2)Cc1ccc(C)o1)C(=O)c1ccc(OC)cc1. The van der Waals surface area contributed by atoms with E-state index >= 15 is 0 Å². The average molecular weight is 495 g/mol. The minimum absolute atomic E-state index is 0.113. The number of carbonyl (C=O) groups is 2. The van der Waals surface area contributed by atoms with Crippen LogP contribution in [0.3, 0.4) is 0 Å². The van der Waals surface area contributed by atoms with Crippen molar-refractivity contribution in [1.29, 1.82) is 0 Å². The zero-order valence-corrected chi connectivity index (χ0v) is 20.7. The Bertz CT molecular complexity index is 1190. The van der Waals surface area contributed by atoms with Gasteiger partial charge in [0, 0.05) is 25.8 Å². The van der Waals surface area contributed by atoms with Gasteiger partial charge in [-0.25, -0.2) is 0 Å². The second kappa shape index (κ2) is 11.6. The average Bonchev–Trinajstić information content (AvgIpc) is 3.53. The summed E-state index contributed by atoms with van der Waals surface area (Å²) in [7, 11) is 3.12. The van der Waals surface area contributed by atoms with Gasteiger partial charge in [0.1, 0.15) is 23.8 Å². The molecular formula is C27H30N2O7. The summed E-state index contributed by atoms with van der Waals surface area (Å²) in [6.45, 7) is 3.06.